The topological polar surface area (TPSA) is 0 Å². The summed E-state index contributed by atoms with van der Waals surface area (Å²) in [5.74, 6) is -62.0. The lowest BCUT2D eigenvalue weighted by Crippen LogP contribution is -2.12. The molecule has 0 unspecified atom stereocenters. The molecule has 0 saturated heterocycles. The summed E-state index contributed by atoms with van der Waals surface area (Å²) in [6.45, 7) is 0. The summed E-state index contributed by atoms with van der Waals surface area (Å²) in [6.07, 6.45) is 0. The number of halogens is 20. The van der Waals surface area contributed by atoms with Crippen LogP contribution in [0.2, 0.25) is 0 Å². The van der Waals surface area contributed by atoms with Gasteiger partial charge in [-0.05, 0) is 11.6 Å². The van der Waals surface area contributed by atoms with Crippen molar-refractivity contribution in [2.45, 2.75) is 4.90 Å². The van der Waals surface area contributed by atoms with Crippen LogP contribution in [0.15, 0.2) is 11.0 Å². The molecule has 268 valence electrons. The Hall–Kier alpha value is -4.95. The number of rotatable bonds is 4. The quantitative estimate of drug-likeness (QED) is 0.0800. The first-order valence-electron chi connectivity index (χ1n) is 12.6. The minimum atomic E-state index is -3.20. The summed E-state index contributed by atoms with van der Waals surface area (Å²) in [5.41, 5.74) is -20.4. The van der Waals surface area contributed by atoms with Gasteiger partial charge in [0.2, 0.25) is 23.3 Å². The van der Waals surface area contributed by atoms with Crippen molar-refractivity contribution in [2.24, 2.45) is 0 Å². The van der Waals surface area contributed by atoms with Gasteiger partial charge in [-0.15, -0.1) is 12.6 Å². The van der Waals surface area contributed by atoms with Gasteiger partial charge in [0, 0.05) is 21.6 Å². The molecule has 5 rings (SSSR count). The summed E-state index contributed by atoms with van der Waals surface area (Å²) < 4.78 is 295. The highest BCUT2D eigenvalue weighted by Gasteiger charge is 2.40. The lowest BCUT2D eigenvalue weighted by Gasteiger charge is -2.25. The van der Waals surface area contributed by atoms with Gasteiger partial charge in [0.05, 0.1) is 22.3 Å². The van der Waals surface area contributed by atoms with E-state index in [4.69, 9.17) is 0 Å². The Labute approximate surface area is 272 Å². The van der Waals surface area contributed by atoms with E-state index >= 15 is 35.1 Å². The normalized spacial score (nSPS) is 11.6. The van der Waals surface area contributed by atoms with Crippen LogP contribution in [0.25, 0.3) is 44.5 Å². The monoisotopic (exact) mass is 774 g/mol. The first-order valence-corrected chi connectivity index (χ1v) is 13.0. The maximum absolute atomic E-state index is 15.5. The molecule has 0 heterocycles. The van der Waals surface area contributed by atoms with Crippen molar-refractivity contribution in [1.82, 2.24) is 0 Å². The van der Waals surface area contributed by atoms with Crippen molar-refractivity contribution in [1.29, 1.82) is 0 Å². The SMILES string of the molecule is Fc1c(F)c(F)c(-c2cc(S)c(-c3c(F)c(F)c(F)c(F)c3F)c(-c3c(F)c(F)c(F)c(F)c3F)c2-c2c(F)c(F)c(F)c(F)c2F)c(F)c1F. The van der Waals surface area contributed by atoms with Gasteiger partial charge in [-0.1, -0.05) is 0 Å². The molecule has 0 saturated carbocycles. The van der Waals surface area contributed by atoms with Gasteiger partial charge in [-0.25, -0.2) is 87.8 Å². The van der Waals surface area contributed by atoms with Crippen molar-refractivity contribution < 1.29 is 87.8 Å². The van der Waals surface area contributed by atoms with Crippen LogP contribution in [0.5, 0.6) is 0 Å². The van der Waals surface area contributed by atoms with E-state index in [0.29, 0.717) is 0 Å². The Morgan fingerprint density at radius 1 is 0.216 bits per heavy atom. The second-order valence-electron chi connectivity index (χ2n) is 9.85. The average molecular weight is 774 g/mol. The van der Waals surface area contributed by atoms with E-state index in [1.807, 2.05) is 0 Å². The van der Waals surface area contributed by atoms with Gasteiger partial charge in [-0.2, -0.15) is 0 Å². The zero-order valence-corrected chi connectivity index (χ0v) is 24.0. The molecule has 0 bridgehead atoms. The summed E-state index contributed by atoms with van der Waals surface area (Å²) in [4.78, 5) is -1.75. The maximum Gasteiger partial charge on any atom is 0.200 e. The molecule has 0 nitrogen and oxygen atoms in total. The molecule has 0 aliphatic carbocycles. The van der Waals surface area contributed by atoms with E-state index in [1.54, 1.807) is 0 Å². The summed E-state index contributed by atoms with van der Waals surface area (Å²) in [7, 11) is 0. The van der Waals surface area contributed by atoms with Crippen molar-refractivity contribution in [3.63, 3.8) is 0 Å². The number of thiol groups is 1. The van der Waals surface area contributed by atoms with Crippen LogP contribution in [-0.2, 0) is 0 Å². The van der Waals surface area contributed by atoms with Crippen LogP contribution in [-0.4, -0.2) is 0 Å². The van der Waals surface area contributed by atoms with Crippen molar-refractivity contribution in [3.8, 4) is 44.5 Å². The first kappa shape index (κ1) is 37.3. The predicted molar refractivity (Wildman–Crippen MR) is 135 cm³/mol. The van der Waals surface area contributed by atoms with Gasteiger partial charge < -0.3 is 0 Å². The second kappa shape index (κ2) is 12.7. The van der Waals surface area contributed by atoms with Crippen LogP contribution < -0.4 is 0 Å². The van der Waals surface area contributed by atoms with Gasteiger partial charge in [-0.3, -0.25) is 0 Å². The Morgan fingerprint density at radius 3 is 0.686 bits per heavy atom. The van der Waals surface area contributed by atoms with E-state index in [1.165, 1.54) is 0 Å². The molecular weight excluding hydrogens is 772 g/mol. The van der Waals surface area contributed by atoms with E-state index in [-0.39, 0.29) is 6.07 Å². The Morgan fingerprint density at radius 2 is 0.412 bits per heavy atom. The third-order valence-electron chi connectivity index (χ3n) is 7.17. The molecule has 0 aliphatic heterocycles. The molecule has 0 aliphatic rings. The molecular formula is C30H2F20S. The van der Waals surface area contributed by atoms with Gasteiger partial charge in [0.15, 0.2) is 93.1 Å². The fourth-order valence-corrected chi connectivity index (χ4v) is 5.30. The van der Waals surface area contributed by atoms with Crippen LogP contribution >= 0.6 is 12.6 Å². The number of hydrogen-bond acceptors (Lipinski definition) is 1. The molecule has 0 atom stereocenters. The predicted octanol–water partition coefficient (Wildman–Crippen LogP) is 11.4. The number of benzene rings is 5. The maximum atomic E-state index is 15.5. The molecule has 51 heavy (non-hydrogen) atoms. The van der Waals surface area contributed by atoms with E-state index in [0.717, 1.165) is 0 Å². The highest BCUT2D eigenvalue weighted by Crippen LogP contribution is 2.54. The largest absolute Gasteiger partial charge is 0.203 e. The van der Waals surface area contributed by atoms with E-state index in [2.05, 4.69) is 12.6 Å². The Bertz CT molecular complexity index is 2270. The zero-order chi connectivity index (χ0) is 38.5. The Balaban J connectivity index is 2.31. The fourth-order valence-electron chi connectivity index (χ4n) is 4.94. The molecule has 5 aromatic carbocycles. The summed E-state index contributed by atoms with van der Waals surface area (Å²) in [6, 6.07) is -0.350. The third kappa shape index (κ3) is 5.17. The van der Waals surface area contributed by atoms with Gasteiger partial charge in [0.1, 0.15) is 0 Å². The Kier molecular flexibility index (Phi) is 9.27. The van der Waals surface area contributed by atoms with Crippen LogP contribution in [0.4, 0.5) is 87.8 Å². The lowest BCUT2D eigenvalue weighted by molar-refractivity contribution is 0.379. The average Bonchev–Trinajstić information content (AvgIpc) is 3.10. The molecule has 0 aromatic heterocycles. The van der Waals surface area contributed by atoms with E-state index in [9.17, 15) is 52.7 Å². The van der Waals surface area contributed by atoms with Gasteiger partial charge >= 0.3 is 0 Å². The minimum Gasteiger partial charge on any atom is -0.203 e. The lowest BCUT2D eigenvalue weighted by atomic mass is 9.81. The molecule has 0 fully saturated rings. The standard InChI is InChI=1S/C30H2F20S/c31-11-5(12(32)20(40)27(47)19(11)39)2-1-3(51)6(9-15(35)23(43)29(49)24(44)16(9)36)7(10-17(37)25(45)30(50)26(46)18(10)38)4(2)8-13(33)21(41)28(48)22(42)14(8)34/h1,51H. The van der Waals surface area contributed by atoms with Crippen LogP contribution in [0.3, 0.4) is 0 Å². The van der Waals surface area contributed by atoms with Crippen molar-refractivity contribution >= 4 is 12.6 Å². The summed E-state index contributed by atoms with van der Waals surface area (Å²) in [5, 5.41) is 0. The molecule has 0 radical (unpaired) electrons. The van der Waals surface area contributed by atoms with Crippen molar-refractivity contribution in [3.05, 3.63) is 122 Å². The minimum absolute atomic E-state index is 0.350. The molecule has 0 spiro atoms. The fraction of sp³-hybridized carbons (Fsp3) is 0. The van der Waals surface area contributed by atoms with Crippen LogP contribution in [0, 0.1) is 116 Å². The van der Waals surface area contributed by atoms with Crippen molar-refractivity contribution in [2.75, 3.05) is 0 Å². The van der Waals surface area contributed by atoms with Crippen LogP contribution in [0.1, 0.15) is 0 Å². The zero-order valence-electron chi connectivity index (χ0n) is 23.1. The molecule has 0 N–H and O–H groups in total. The van der Waals surface area contributed by atoms with Gasteiger partial charge in [0.25, 0.3) is 0 Å². The highest BCUT2D eigenvalue weighted by atomic mass is 32.1. The first-order chi connectivity index (χ1) is 23.6. The highest BCUT2D eigenvalue weighted by molar-refractivity contribution is 7.80. The number of hydrogen-bond donors (Lipinski definition) is 1. The summed E-state index contributed by atoms with van der Waals surface area (Å²) >= 11 is 3.51. The smallest absolute Gasteiger partial charge is 0.200 e. The molecule has 5 aromatic rings. The van der Waals surface area contributed by atoms with E-state index < -0.39 is 166 Å². The third-order valence-corrected chi connectivity index (χ3v) is 7.52. The molecule has 21 heteroatoms. The molecule has 0 amide bonds. The second-order valence-corrected chi connectivity index (χ2v) is 10.3.